The maximum atomic E-state index is 11.7. The standard InChI is InChI=1S/C12H20N4OS/c1-9-14-12(16-15-9)18-8-11(17)13-7-10-5-3-2-4-6-10/h10H,2-8H2,1H3,(H,13,17)(H,14,15,16). The van der Waals surface area contributed by atoms with Crippen LogP contribution in [0.3, 0.4) is 0 Å². The molecule has 6 heteroatoms. The van der Waals surface area contributed by atoms with Crippen molar-refractivity contribution in [3.63, 3.8) is 0 Å². The van der Waals surface area contributed by atoms with Gasteiger partial charge in [-0.3, -0.25) is 9.89 Å². The molecule has 100 valence electrons. The second-order valence-corrected chi connectivity index (χ2v) is 5.74. The van der Waals surface area contributed by atoms with Crippen molar-refractivity contribution in [2.45, 2.75) is 44.2 Å². The van der Waals surface area contributed by atoms with Crippen LogP contribution in [0.15, 0.2) is 5.16 Å². The fourth-order valence-corrected chi connectivity index (χ4v) is 2.89. The molecule has 1 aromatic heterocycles. The summed E-state index contributed by atoms with van der Waals surface area (Å²) >= 11 is 1.37. The van der Waals surface area contributed by atoms with Gasteiger partial charge in [0.05, 0.1) is 5.75 Å². The molecular weight excluding hydrogens is 248 g/mol. The van der Waals surface area contributed by atoms with Gasteiger partial charge in [0.2, 0.25) is 11.1 Å². The molecule has 18 heavy (non-hydrogen) atoms. The van der Waals surface area contributed by atoms with Gasteiger partial charge in [0.25, 0.3) is 0 Å². The Morgan fingerprint density at radius 1 is 1.44 bits per heavy atom. The highest BCUT2D eigenvalue weighted by molar-refractivity contribution is 7.99. The van der Waals surface area contributed by atoms with Crippen molar-refractivity contribution < 1.29 is 4.79 Å². The van der Waals surface area contributed by atoms with Gasteiger partial charge < -0.3 is 5.32 Å². The maximum absolute atomic E-state index is 11.7. The highest BCUT2D eigenvalue weighted by atomic mass is 32.2. The van der Waals surface area contributed by atoms with E-state index in [2.05, 4.69) is 20.5 Å². The van der Waals surface area contributed by atoms with Gasteiger partial charge in [0.15, 0.2) is 0 Å². The van der Waals surface area contributed by atoms with Gasteiger partial charge in [-0.1, -0.05) is 31.0 Å². The molecule has 2 rings (SSSR count). The van der Waals surface area contributed by atoms with E-state index in [1.807, 2.05) is 6.92 Å². The molecule has 1 heterocycles. The molecular formula is C12H20N4OS. The number of amides is 1. The fraction of sp³-hybridized carbons (Fsp3) is 0.750. The van der Waals surface area contributed by atoms with E-state index in [4.69, 9.17) is 0 Å². The first-order valence-corrected chi connectivity index (χ1v) is 7.51. The van der Waals surface area contributed by atoms with Gasteiger partial charge in [-0.05, 0) is 25.7 Å². The number of rotatable bonds is 5. The van der Waals surface area contributed by atoms with Crippen LogP contribution in [-0.2, 0) is 4.79 Å². The molecule has 0 unspecified atom stereocenters. The first-order valence-electron chi connectivity index (χ1n) is 6.52. The highest BCUT2D eigenvalue weighted by Gasteiger charge is 2.14. The smallest absolute Gasteiger partial charge is 0.230 e. The largest absolute Gasteiger partial charge is 0.355 e. The quantitative estimate of drug-likeness (QED) is 0.800. The van der Waals surface area contributed by atoms with E-state index in [1.54, 1.807) is 0 Å². The average molecular weight is 268 g/mol. The average Bonchev–Trinajstić information content (AvgIpc) is 2.81. The molecule has 1 saturated carbocycles. The van der Waals surface area contributed by atoms with E-state index >= 15 is 0 Å². The molecule has 0 aromatic carbocycles. The molecule has 0 radical (unpaired) electrons. The van der Waals surface area contributed by atoms with Crippen molar-refractivity contribution >= 4 is 17.7 Å². The van der Waals surface area contributed by atoms with E-state index in [0.29, 0.717) is 16.8 Å². The summed E-state index contributed by atoms with van der Waals surface area (Å²) in [6, 6.07) is 0. The third-order valence-corrected chi connectivity index (χ3v) is 4.07. The molecule has 1 aliphatic carbocycles. The number of carbonyl (C=O) groups is 1. The second-order valence-electron chi connectivity index (χ2n) is 4.80. The Morgan fingerprint density at radius 3 is 2.89 bits per heavy atom. The van der Waals surface area contributed by atoms with Crippen molar-refractivity contribution in [3.8, 4) is 0 Å². The SMILES string of the molecule is Cc1nc(SCC(=O)NCC2CCCCC2)n[nH]1. The normalized spacial score (nSPS) is 16.7. The first-order chi connectivity index (χ1) is 8.74. The number of carbonyl (C=O) groups excluding carboxylic acids is 1. The summed E-state index contributed by atoms with van der Waals surface area (Å²) in [5.41, 5.74) is 0. The molecule has 5 nitrogen and oxygen atoms in total. The summed E-state index contributed by atoms with van der Waals surface area (Å²) in [6.45, 7) is 2.67. The zero-order valence-electron chi connectivity index (χ0n) is 10.7. The molecule has 1 fully saturated rings. The summed E-state index contributed by atoms with van der Waals surface area (Å²) in [6.07, 6.45) is 6.49. The van der Waals surface area contributed by atoms with Crippen LogP contribution >= 0.6 is 11.8 Å². The monoisotopic (exact) mass is 268 g/mol. The predicted molar refractivity (Wildman–Crippen MR) is 71.4 cm³/mol. The van der Waals surface area contributed by atoms with Crippen LogP contribution in [0.25, 0.3) is 0 Å². The van der Waals surface area contributed by atoms with E-state index in [1.165, 1.54) is 43.9 Å². The number of nitrogens with one attached hydrogen (secondary N) is 2. The summed E-state index contributed by atoms with van der Waals surface area (Å²) in [5.74, 6) is 1.93. The Kier molecular flexibility index (Phi) is 5.04. The van der Waals surface area contributed by atoms with Gasteiger partial charge in [0, 0.05) is 6.54 Å². The lowest BCUT2D eigenvalue weighted by Gasteiger charge is -2.21. The molecule has 0 atom stereocenters. The van der Waals surface area contributed by atoms with Crippen LogP contribution in [-0.4, -0.2) is 33.4 Å². The Hall–Kier alpha value is -1.04. The number of aromatic amines is 1. The minimum atomic E-state index is 0.0769. The summed E-state index contributed by atoms with van der Waals surface area (Å²) in [7, 11) is 0. The topological polar surface area (TPSA) is 70.7 Å². The number of nitrogens with zero attached hydrogens (tertiary/aromatic N) is 2. The molecule has 0 bridgehead atoms. The molecule has 1 aliphatic rings. The van der Waals surface area contributed by atoms with Crippen LogP contribution < -0.4 is 5.32 Å². The summed E-state index contributed by atoms with van der Waals surface area (Å²) in [4.78, 5) is 15.8. The molecule has 2 N–H and O–H groups in total. The lowest BCUT2D eigenvalue weighted by Crippen LogP contribution is -2.31. The van der Waals surface area contributed by atoms with E-state index in [0.717, 1.165) is 12.4 Å². The van der Waals surface area contributed by atoms with Crippen LogP contribution in [0.5, 0.6) is 0 Å². The zero-order valence-corrected chi connectivity index (χ0v) is 11.6. The Labute approximate surface area is 112 Å². The van der Waals surface area contributed by atoms with Crippen molar-refractivity contribution in [2.75, 3.05) is 12.3 Å². The number of hydrogen-bond donors (Lipinski definition) is 2. The fourth-order valence-electron chi connectivity index (χ4n) is 2.22. The third kappa shape index (κ3) is 4.33. The molecule has 0 aliphatic heterocycles. The van der Waals surface area contributed by atoms with Crippen molar-refractivity contribution in [1.82, 2.24) is 20.5 Å². The Balaban J connectivity index is 1.62. The van der Waals surface area contributed by atoms with Crippen LogP contribution in [0.1, 0.15) is 37.9 Å². The lowest BCUT2D eigenvalue weighted by atomic mass is 9.89. The van der Waals surface area contributed by atoms with Crippen molar-refractivity contribution in [1.29, 1.82) is 0 Å². The Morgan fingerprint density at radius 2 is 2.22 bits per heavy atom. The second kappa shape index (κ2) is 6.78. The number of H-pyrrole nitrogens is 1. The van der Waals surface area contributed by atoms with Gasteiger partial charge in [-0.25, -0.2) is 4.98 Å². The van der Waals surface area contributed by atoms with E-state index in [-0.39, 0.29) is 5.91 Å². The lowest BCUT2D eigenvalue weighted by molar-refractivity contribution is -0.118. The Bertz CT molecular complexity index is 387. The molecule has 0 saturated heterocycles. The number of hydrogen-bond acceptors (Lipinski definition) is 4. The van der Waals surface area contributed by atoms with Crippen LogP contribution in [0.2, 0.25) is 0 Å². The molecule has 1 aromatic rings. The third-order valence-electron chi connectivity index (χ3n) is 3.22. The van der Waals surface area contributed by atoms with Gasteiger partial charge in [0.1, 0.15) is 5.82 Å². The maximum Gasteiger partial charge on any atom is 0.230 e. The van der Waals surface area contributed by atoms with Gasteiger partial charge in [-0.2, -0.15) is 0 Å². The van der Waals surface area contributed by atoms with Crippen molar-refractivity contribution in [3.05, 3.63) is 5.82 Å². The summed E-state index contributed by atoms with van der Waals surface area (Å²) in [5, 5.41) is 10.4. The van der Waals surface area contributed by atoms with E-state index < -0.39 is 0 Å². The van der Waals surface area contributed by atoms with E-state index in [9.17, 15) is 4.79 Å². The highest BCUT2D eigenvalue weighted by Crippen LogP contribution is 2.22. The number of aromatic nitrogens is 3. The van der Waals surface area contributed by atoms with Crippen molar-refractivity contribution in [2.24, 2.45) is 5.92 Å². The molecule has 1 amide bonds. The van der Waals surface area contributed by atoms with Crippen LogP contribution in [0, 0.1) is 12.8 Å². The predicted octanol–water partition coefficient (Wildman–Crippen LogP) is 1.90. The minimum Gasteiger partial charge on any atom is -0.355 e. The summed E-state index contributed by atoms with van der Waals surface area (Å²) < 4.78 is 0. The van der Waals surface area contributed by atoms with Gasteiger partial charge >= 0.3 is 0 Å². The number of thioether (sulfide) groups is 1. The minimum absolute atomic E-state index is 0.0769. The zero-order chi connectivity index (χ0) is 12.8. The first kappa shape index (κ1) is 13.4. The number of aryl methyl sites for hydroxylation is 1. The van der Waals surface area contributed by atoms with Crippen LogP contribution in [0.4, 0.5) is 0 Å². The van der Waals surface area contributed by atoms with Gasteiger partial charge in [-0.15, -0.1) is 5.10 Å². The molecule has 0 spiro atoms.